The Hall–Kier alpha value is -1.66. The van der Waals surface area contributed by atoms with Crippen molar-refractivity contribution in [1.29, 1.82) is 0 Å². The summed E-state index contributed by atoms with van der Waals surface area (Å²) in [5, 5.41) is 6.23. The van der Waals surface area contributed by atoms with Crippen LogP contribution in [0.2, 0.25) is 0 Å². The molecule has 1 aliphatic carbocycles. The predicted molar refractivity (Wildman–Crippen MR) is 81.4 cm³/mol. The van der Waals surface area contributed by atoms with Crippen molar-refractivity contribution in [3.63, 3.8) is 0 Å². The van der Waals surface area contributed by atoms with E-state index in [-0.39, 0.29) is 22.9 Å². The summed E-state index contributed by atoms with van der Waals surface area (Å²) in [6.45, 7) is 2.87. The van der Waals surface area contributed by atoms with Gasteiger partial charge in [-0.25, -0.2) is 0 Å². The largest absolute Gasteiger partial charge is 0.311 e. The molecule has 1 amide bonds. The molecule has 3 atom stereocenters. The van der Waals surface area contributed by atoms with Crippen molar-refractivity contribution in [3.05, 3.63) is 28.0 Å². The zero-order valence-electron chi connectivity index (χ0n) is 12.7. The molecule has 1 aromatic rings. The fraction of sp³-hybridized carbons (Fsp3) is 0.600. The molecule has 0 spiro atoms. The zero-order valence-corrected chi connectivity index (χ0v) is 12.7. The minimum absolute atomic E-state index is 0.0646. The van der Waals surface area contributed by atoms with Crippen molar-refractivity contribution in [2.75, 3.05) is 26.0 Å². The number of piperidine rings is 1. The molecule has 114 valence electrons. The van der Waals surface area contributed by atoms with Crippen molar-refractivity contribution in [2.45, 2.75) is 31.8 Å². The summed E-state index contributed by atoms with van der Waals surface area (Å²) >= 11 is 0. The summed E-state index contributed by atoms with van der Waals surface area (Å²) in [5.41, 5.74) is 0.904. The average molecular weight is 290 g/mol. The molecule has 6 heteroatoms. The van der Waals surface area contributed by atoms with E-state index in [0.29, 0.717) is 11.9 Å². The molecule has 1 aliphatic heterocycles. The summed E-state index contributed by atoms with van der Waals surface area (Å²) in [7, 11) is 4.13. The number of amides is 1. The van der Waals surface area contributed by atoms with Gasteiger partial charge in [-0.3, -0.25) is 9.59 Å². The number of carbonyl (C=O) groups excluding carboxylic acids is 1. The first kappa shape index (κ1) is 14.3. The van der Waals surface area contributed by atoms with E-state index in [9.17, 15) is 9.59 Å². The smallest absolute Gasteiger partial charge is 0.249 e. The van der Waals surface area contributed by atoms with Gasteiger partial charge in [0.1, 0.15) is 5.82 Å². The Morgan fingerprint density at radius 3 is 2.90 bits per heavy atom. The molecular formula is C15H22N4O2. The van der Waals surface area contributed by atoms with E-state index >= 15 is 0 Å². The molecule has 2 aliphatic rings. The fourth-order valence-corrected chi connectivity index (χ4v) is 3.44. The van der Waals surface area contributed by atoms with E-state index in [0.717, 1.165) is 24.9 Å². The van der Waals surface area contributed by atoms with Gasteiger partial charge in [0.25, 0.3) is 0 Å². The number of H-pyrrole nitrogens is 1. The second-order valence-corrected chi connectivity index (χ2v) is 6.65. The molecule has 0 radical (unpaired) electrons. The Kier molecular flexibility index (Phi) is 3.37. The zero-order chi connectivity index (χ0) is 15.2. The van der Waals surface area contributed by atoms with Crippen molar-refractivity contribution in [2.24, 2.45) is 5.41 Å². The van der Waals surface area contributed by atoms with Gasteiger partial charge in [-0.05, 0) is 39.4 Å². The first-order valence-electron chi connectivity index (χ1n) is 7.31. The number of nitrogens with zero attached hydrogens (tertiary/aromatic N) is 1. The molecule has 2 fully saturated rings. The van der Waals surface area contributed by atoms with Gasteiger partial charge in [-0.2, -0.15) is 0 Å². The Morgan fingerprint density at radius 1 is 1.43 bits per heavy atom. The summed E-state index contributed by atoms with van der Waals surface area (Å²) in [5.74, 6) is 0.432. The van der Waals surface area contributed by atoms with E-state index in [1.54, 1.807) is 6.07 Å². The number of nitrogens with one attached hydrogen (secondary N) is 3. The normalized spacial score (nSPS) is 30.3. The lowest BCUT2D eigenvalue weighted by atomic mass is 9.99. The van der Waals surface area contributed by atoms with Gasteiger partial charge >= 0.3 is 0 Å². The third-order valence-electron chi connectivity index (χ3n) is 4.53. The number of hydrogen-bond donors (Lipinski definition) is 3. The highest BCUT2D eigenvalue weighted by Gasteiger charge is 2.61. The molecule has 21 heavy (non-hydrogen) atoms. The third-order valence-corrected chi connectivity index (χ3v) is 4.53. The summed E-state index contributed by atoms with van der Waals surface area (Å²) in [4.78, 5) is 28.6. The quantitative estimate of drug-likeness (QED) is 0.745. The monoisotopic (exact) mass is 290 g/mol. The number of fused-ring (bicyclic) bond motifs is 1. The van der Waals surface area contributed by atoms with Crippen LogP contribution in [0.25, 0.3) is 0 Å². The van der Waals surface area contributed by atoms with Gasteiger partial charge in [0.05, 0.1) is 6.04 Å². The summed E-state index contributed by atoms with van der Waals surface area (Å²) in [6, 6.07) is 3.44. The molecular weight excluding hydrogens is 268 g/mol. The molecule has 1 saturated carbocycles. The van der Waals surface area contributed by atoms with E-state index < -0.39 is 0 Å². The van der Waals surface area contributed by atoms with Gasteiger partial charge in [-0.15, -0.1) is 0 Å². The van der Waals surface area contributed by atoms with E-state index in [4.69, 9.17) is 0 Å². The maximum absolute atomic E-state index is 12.4. The van der Waals surface area contributed by atoms with Crippen molar-refractivity contribution in [1.82, 2.24) is 15.2 Å². The van der Waals surface area contributed by atoms with Gasteiger partial charge < -0.3 is 20.5 Å². The standard InChI is InChI=1S/C15H22N4O2/c1-9-4-5-12(20)17-13(9)18-14(21)10-6-15(8-19(2)3)7-11(15)16-10/h4-5,10-11,16H,6-8H2,1-3H3,(H2,17,18,20,21)/t10?,11-,15+/m1/s1. The van der Waals surface area contributed by atoms with Crippen LogP contribution in [0.15, 0.2) is 16.9 Å². The number of carbonyl (C=O) groups is 1. The van der Waals surface area contributed by atoms with E-state index in [2.05, 4.69) is 34.6 Å². The van der Waals surface area contributed by atoms with Crippen LogP contribution in [0.4, 0.5) is 5.82 Å². The number of aryl methyl sites for hydroxylation is 1. The van der Waals surface area contributed by atoms with Crippen LogP contribution < -0.4 is 16.2 Å². The summed E-state index contributed by atoms with van der Waals surface area (Å²) < 4.78 is 0. The number of pyridine rings is 1. The fourth-order valence-electron chi connectivity index (χ4n) is 3.44. The van der Waals surface area contributed by atoms with E-state index in [1.165, 1.54) is 6.07 Å². The van der Waals surface area contributed by atoms with Crippen molar-refractivity contribution >= 4 is 11.7 Å². The van der Waals surface area contributed by atoms with Crippen LogP contribution in [-0.4, -0.2) is 48.5 Å². The van der Waals surface area contributed by atoms with Crippen LogP contribution in [0.1, 0.15) is 18.4 Å². The highest BCUT2D eigenvalue weighted by atomic mass is 16.2. The number of aromatic nitrogens is 1. The lowest BCUT2D eigenvalue weighted by molar-refractivity contribution is -0.118. The van der Waals surface area contributed by atoms with Gasteiger partial charge in [-0.1, -0.05) is 6.07 Å². The van der Waals surface area contributed by atoms with Crippen molar-refractivity contribution in [3.8, 4) is 0 Å². The molecule has 6 nitrogen and oxygen atoms in total. The Balaban J connectivity index is 1.65. The van der Waals surface area contributed by atoms with Gasteiger partial charge in [0, 0.05) is 24.1 Å². The molecule has 0 aromatic carbocycles. The number of aromatic amines is 1. The van der Waals surface area contributed by atoms with Crippen LogP contribution in [0, 0.1) is 12.3 Å². The molecule has 1 saturated heterocycles. The van der Waals surface area contributed by atoms with Gasteiger partial charge in [0.15, 0.2) is 0 Å². The SMILES string of the molecule is Cc1ccc(=O)[nH]c1NC(=O)C1C[C@@]2(CN(C)C)C[C@H]2N1. The lowest BCUT2D eigenvalue weighted by Gasteiger charge is -2.19. The van der Waals surface area contributed by atoms with Crippen LogP contribution >= 0.6 is 0 Å². The molecule has 0 bridgehead atoms. The Bertz CT molecular complexity index is 624. The third kappa shape index (κ3) is 2.73. The second-order valence-electron chi connectivity index (χ2n) is 6.65. The highest BCUT2D eigenvalue weighted by Crippen LogP contribution is 2.54. The molecule has 3 N–H and O–H groups in total. The number of anilines is 1. The van der Waals surface area contributed by atoms with Crippen LogP contribution in [0.3, 0.4) is 0 Å². The van der Waals surface area contributed by atoms with Crippen molar-refractivity contribution < 1.29 is 4.79 Å². The maximum atomic E-state index is 12.4. The molecule has 1 unspecified atom stereocenters. The Morgan fingerprint density at radius 2 is 2.19 bits per heavy atom. The molecule has 2 heterocycles. The summed E-state index contributed by atoms with van der Waals surface area (Å²) in [6.07, 6.45) is 2.01. The first-order valence-corrected chi connectivity index (χ1v) is 7.31. The second kappa shape index (κ2) is 4.96. The molecule has 3 rings (SSSR count). The lowest BCUT2D eigenvalue weighted by Crippen LogP contribution is -2.38. The Labute approximate surface area is 123 Å². The van der Waals surface area contributed by atoms with Crippen LogP contribution in [0.5, 0.6) is 0 Å². The topological polar surface area (TPSA) is 77.2 Å². The average Bonchev–Trinajstić information content (AvgIpc) is 2.93. The maximum Gasteiger partial charge on any atom is 0.249 e. The predicted octanol–water partition coefficient (Wildman–Crippen LogP) is 0.304. The minimum Gasteiger partial charge on any atom is -0.311 e. The highest BCUT2D eigenvalue weighted by molar-refractivity contribution is 5.95. The van der Waals surface area contributed by atoms with Crippen LogP contribution in [-0.2, 0) is 4.79 Å². The number of rotatable bonds is 4. The minimum atomic E-state index is -0.206. The first-order chi connectivity index (χ1) is 9.89. The van der Waals surface area contributed by atoms with E-state index in [1.807, 2.05) is 6.92 Å². The molecule has 1 aromatic heterocycles. The number of hydrogen-bond acceptors (Lipinski definition) is 4. The van der Waals surface area contributed by atoms with Gasteiger partial charge in [0.2, 0.25) is 11.5 Å².